The highest BCUT2D eigenvalue weighted by atomic mass is 32.1. The molecule has 1 aromatic heterocycles. The van der Waals surface area contributed by atoms with Crippen LogP contribution in [0.5, 0.6) is 0 Å². The molecule has 0 atom stereocenters. The van der Waals surface area contributed by atoms with Gasteiger partial charge in [-0.15, -0.1) is 11.3 Å². The Morgan fingerprint density at radius 2 is 2.31 bits per heavy atom. The maximum atomic E-state index is 11.3. The summed E-state index contributed by atoms with van der Waals surface area (Å²) >= 11 is 1.07. The van der Waals surface area contributed by atoms with Crippen LogP contribution in [0.1, 0.15) is 5.69 Å². The van der Waals surface area contributed by atoms with Crippen LogP contribution < -0.4 is 11.1 Å². The number of nitrogens with one attached hydrogen (secondary N) is 1. The quantitative estimate of drug-likeness (QED) is 0.308. The molecule has 0 aromatic carbocycles. The molecule has 1 aromatic rings. The van der Waals surface area contributed by atoms with E-state index in [2.05, 4.69) is 10.1 Å². The third-order valence-electron chi connectivity index (χ3n) is 1.48. The number of amides is 1. The fourth-order valence-corrected chi connectivity index (χ4v) is 1.40. The molecule has 0 spiro atoms. The summed E-state index contributed by atoms with van der Waals surface area (Å²) in [5.41, 5.74) is 5.05. The number of nitrogens with two attached hydrogens (primary N) is 1. The number of carbonyl (C=O) groups is 2. The van der Waals surface area contributed by atoms with Gasteiger partial charge in [0.1, 0.15) is 12.2 Å². The van der Waals surface area contributed by atoms with Gasteiger partial charge >= 0.3 is 5.97 Å². The summed E-state index contributed by atoms with van der Waals surface area (Å²) in [6.07, 6.45) is 0. The summed E-state index contributed by atoms with van der Waals surface area (Å²) in [5, 5.41) is 23.4. The van der Waals surface area contributed by atoms with Gasteiger partial charge in [-0.2, -0.15) is 0 Å². The second-order valence-electron chi connectivity index (χ2n) is 2.60. The van der Waals surface area contributed by atoms with Crippen LogP contribution >= 0.6 is 11.3 Å². The topological polar surface area (TPSA) is 138 Å². The number of anilines is 1. The summed E-state index contributed by atoms with van der Waals surface area (Å²) < 4.78 is 0. The number of nitrogens with zero attached hydrogens (tertiary/aromatic N) is 2. The first kappa shape index (κ1) is 11.9. The maximum absolute atomic E-state index is 11.3. The minimum Gasteiger partial charge on any atom is -0.480 e. The first-order valence-electron chi connectivity index (χ1n) is 3.98. The molecule has 16 heavy (non-hydrogen) atoms. The lowest BCUT2D eigenvalue weighted by Crippen LogP contribution is -2.35. The average Bonchev–Trinajstić information content (AvgIpc) is 2.63. The lowest BCUT2D eigenvalue weighted by molar-refractivity contribution is -0.137. The number of hydrogen-bond acceptors (Lipinski definition) is 7. The Hall–Kier alpha value is -2.16. The lowest BCUT2D eigenvalue weighted by atomic mass is 10.3. The third-order valence-corrected chi connectivity index (χ3v) is 2.15. The Morgan fingerprint density at radius 1 is 1.62 bits per heavy atom. The molecule has 0 unspecified atom stereocenters. The Bertz CT molecular complexity index is 441. The summed E-state index contributed by atoms with van der Waals surface area (Å²) in [5.74, 6) is -2.04. The van der Waals surface area contributed by atoms with Crippen molar-refractivity contribution in [2.24, 2.45) is 5.16 Å². The molecule has 5 N–H and O–H groups in total. The highest BCUT2D eigenvalue weighted by Crippen LogP contribution is 2.11. The smallest absolute Gasteiger partial charge is 0.322 e. The van der Waals surface area contributed by atoms with Crippen molar-refractivity contribution < 1.29 is 19.9 Å². The molecule has 0 aliphatic carbocycles. The number of rotatable bonds is 4. The number of aliphatic carboxylic acids is 1. The first-order chi connectivity index (χ1) is 7.54. The van der Waals surface area contributed by atoms with E-state index in [4.69, 9.17) is 16.0 Å². The average molecular weight is 244 g/mol. The summed E-state index contributed by atoms with van der Waals surface area (Å²) in [7, 11) is 0. The van der Waals surface area contributed by atoms with E-state index in [-0.39, 0.29) is 16.5 Å². The van der Waals surface area contributed by atoms with Crippen LogP contribution in [0.3, 0.4) is 0 Å². The van der Waals surface area contributed by atoms with Crippen LogP contribution in [0.4, 0.5) is 5.13 Å². The summed E-state index contributed by atoms with van der Waals surface area (Å²) in [6, 6.07) is 0. The third kappa shape index (κ3) is 2.92. The Labute approximate surface area is 93.4 Å². The van der Waals surface area contributed by atoms with Crippen molar-refractivity contribution in [2.75, 3.05) is 12.3 Å². The van der Waals surface area contributed by atoms with Crippen molar-refractivity contribution in [3.8, 4) is 0 Å². The van der Waals surface area contributed by atoms with E-state index in [9.17, 15) is 9.59 Å². The SMILES string of the molecule is Nc1nc(/C(=N\O)C(=O)NCC(=O)O)cs1. The van der Waals surface area contributed by atoms with Crippen molar-refractivity contribution in [3.63, 3.8) is 0 Å². The Kier molecular flexibility index (Phi) is 3.78. The van der Waals surface area contributed by atoms with Crippen LogP contribution in [-0.4, -0.2) is 39.4 Å². The number of thiazole rings is 1. The molecule has 0 bridgehead atoms. The molecule has 0 radical (unpaired) electrons. The maximum Gasteiger partial charge on any atom is 0.322 e. The van der Waals surface area contributed by atoms with Crippen LogP contribution in [-0.2, 0) is 9.59 Å². The molecule has 86 valence electrons. The van der Waals surface area contributed by atoms with Crippen molar-refractivity contribution in [3.05, 3.63) is 11.1 Å². The van der Waals surface area contributed by atoms with Crippen molar-refractivity contribution in [1.82, 2.24) is 10.3 Å². The van der Waals surface area contributed by atoms with E-state index < -0.39 is 18.4 Å². The summed E-state index contributed by atoms with van der Waals surface area (Å²) in [6.45, 7) is -0.572. The lowest BCUT2D eigenvalue weighted by Gasteiger charge is -2.01. The molecule has 1 rings (SSSR count). The molecule has 0 aliphatic rings. The molecule has 1 amide bonds. The minimum atomic E-state index is -1.21. The standard InChI is InChI=1S/C7H8N4O4S/c8-7-10-3(2-16-7)5(11-15)6(14)9-1-4(12)13/h2,15H,1H2,(H2,8,10)(H,9,14)(H,12,13)/b11-5+. The second kappa shape index (κ2) is 5.07. The summed E-state index contributed by atoms with van der Waals surface area (Å²) in [4.78, 5) is 25.3. The molecule has 0 saturated carbocycles. The number of aromatic nitrogens is 1. The normalized spacial score (nSPS) is 11.1. The predicted octanol–water partition coefficient (Wildman–Crippen LogP) is -0.896. The highest BCUT2D eigenvalue weighted by molar-refractivity contribution is 7.13. The van der Waals surface area contributed by atoms with E-state index in [1.165, 1.54) is 5.38 Å². The van der Waals surface area contributed by atoms with E-state index in [1.807, 2.05) is 5.32 Å². The number of carboxylic acid groups (broad SMARTS) is 1. The van der Waals surface area contributed by atoms with E-state index in [0.717, 1.165) is 11.3 Å². The number of carboxylic acids is 1. The van der Waals surface area contributed by atoms with Crippen LogP contribution in [0, 0.1) is 0 Å². The van der Waals surface area contributed by atoms with Crippen molar-refractivity contribution in [2.45, 2.75) is 0 Å². The fraction of sp³-hybridized carbons (Fsp3) is 0.143. The second-order valence-corrected chi connectivity index (χ2v) is 3.49. The van der Waals surface area contributed by atoms with Gasteiger partial charge in [-0.3, -0.25) is 9.59 Å². The molecule has 1 heterocycles. The minimum absolute atomic E-state index is 0.0906. The zero-order chi connectivity index (χ0) is 12.1. The number of hydrogen-bond donors (Lipinski definition) is 4. The molecule has 9 heteroatoms. The Balaban J connectivity index is 2.76. The monoisotopic (exact) mass is 244 g/mol. The van der Waals surface area contributed by atoms with Crippen molar-refractivity contribution in [1.29, 1.82) is 0 Å². The fourth-order valence-electron chi connectivity index (χ4n) is 0.849. The van der Waals surface area contributed by atoms with E-state index in [0.29, 0.717) is 0 Å². The first-order valence-corrected chi connectivity index (χ1v) is 4.86. The molecular weight excluding hydrogens is 236 g/mol. The van der Waals surface area contributed by atoms with Gasteiger partial charge < -0.3 is 21.4 Å². The van der Waals surface area contributed by atoms with E-state index >= 15 is 0 Å². The zero-order valence-electron chi connectivity index (χ0n) is 7.88. The van der Waals surface area contributed by atoms with Gasteiger partial charge in [-0.1, -0.05) is 5.16 Å². The molecule has 8 nitrogen and oxygen atoms in total. The molecule has 0 saturated heterocycles. The zero-order valence-corrected chi connectivity index (χ0v) is 8.69. The number of oxime groups is 1. The van der Waals surface area contributed by atoms with Gasteiger partial charge in [0.2, 0.25) is 0 Å². The van der Waals surface area contributed by atoms with Gasteiger partial charge in [0.25, 0.3) is 5.91 Å². The largest absolute Gasteiger partial charge is 0.480 e. The molecular formula is C7H8N4O4S. The van der Waals surface area contributed by atoms with Crippen LogP contribution in [0.25, 0.3) is 0 Å². The van der Waals surface area contributed by atoms with Gasteiger partial charge in [0.05, 0.1) is 0 Å². The number of carbonyl (C=O) groups excluding carboxylic acids is 1. The van der Waals surface area contributed by atoms with Crippen LogP contribution in [0.15, 0.2) is 10.5 Å². The van der Waals surface area contributed by atoms with E-state index in [1.54, 1.807) is 0 Å². The van der Waals surface area contributed by atoms with Gasteiger partial charge in [0.15, 0.2) is 10.8 Å². The van der Waals surface area contributed by atoms with Gasteiger partial charge in [-0.25, -0.2) is 4.98 Å². The van der Waals surface area contributed by atoms with Gasteiger partial charge in [0, 0.05) is 5.38 Å². The molecule has 0 aliphatic heterocycles. The predicted molar refractivity (Wildman–Crippen MR) is 55.5 cm³/mol. The highest BCUT2D eigenvalue weighted by Gasteiger charge is 2.18. The number of nitrogen functional groups attached to an aromatic ring is 1. The van der Waals surface area contributed by atoms with Gasteiger partial charge in [-0.05, 0) is 0 Å². The van der Waals surface area contributed by atoms with Crippen LogP contribution in [0.2, 0.25) is 0 Å². The molecule has 0 fully saturated rings. The Morgan fingerprint density at radius 3 is 2.75 bits per heavy atom. The van der Waals surface area contributed by atoms with Crippen molar-refractivity contribution >= 4 is 34.1 Å².